The van der Waals surface area contributed by atoms with E-state index in [1.807, 2.05) is 0 Å². The van der Waals surface area contributed by atoms with Crippen LogP contribution in [0.15, 0.2) is 0 Å². The molecule has 80 valence electrons. The summed E-state index contributed by atoms with van der Waals surface area (Å²) in [5.74, 6) is 0.889. The van der Waals surface area contributed by atoms with Crippen LogP contribution < -0.4 is 5.73 Å². The van der Waals surface area contributed by atoms with E-state index in [1.54, 1.807) is 4.52 Å². The first kappa shape index (κ1) is 9.05. The van der Waals surface area contributed by atoms with E-state index in [9.17, 15) is 0 Å². The Labute approximate surface area is 90.7 Å². The van der Waals surface area contributed by atoms with Gasteiger partial charge in [0.05, 0.1) is 6.54 Å². The van der Waals surface area contributed by atoms with Crippen LogP contribution in [0.1, 0.15) is 18.7 Å². The van der Waals surface area contributed by atoms with Gasteiger partial charge in [-0.1, -0.05) is 11.3 Å². The Morgan fingerprint density at radius 1 is 1.27 bits per heavy atom. The van der Waals surface area contributed by atoms with E-state index in [4.69, 9.17) is 5.73 Å². The van der Waals surface area contributed by atoms with E-state index in [0.29, 0.717) is 5.13 Å². The standard InChI is InChI=1S/C8H12N6S/c9-7-12-14-6(10-11-8(14)15-7)5-13-3-1-2-4-13/h1-5H2,(H2,9,12). The molecule has 0 aliphatic carbocycles. The Balaban J connectivity index is 1.89. The molecule has 0 atom stereocenters. The van der Waals surface area contributed by atoms with Crippen LogP contribution in [0.2, 0.25) is 0 Å². The van der Waals surface area contributed by atoms with Crippen LogP contribution in [0.3, 0.4) is 0 Å². The fourth-order valence-electron chi connectivity index (χ4n) is 1.91. The van der Waals surface area contributed by atoms with E-state index in [0.717, 1.165) is 30.4 Å². The third-order valence-corrected chi connectivity index (χ3v) is 3.36. The van der Waals surface area contributed by atoms with Crippen molar-refractivity contribution in [3.63, 3.8) is 0 Å². The van der Waals surface area contributed by atoms with E-state index < -0.39 is 0 Å². The van der Waals surface area contributed by atoms with E-state index in [-0.39, 0.29) is 0 Å². The molecule has 0 aromatic carbocycles. The second-order valence-electron chi connectivity index (χ2n) is 3.73. The summed E-state index contributed by atoms with van der Waals surface area (Å²) in [5, 5.41) is 12.9. The molecule has 7 heteroatoms. The van der Waals surface area contributed by atoms with Crippen LogP contribution in [-0.2, 0) is 6.54 Å². The highest BCUT2D eigenvalue weighted by Crippen LogP contribution is 2.17. The first-order chi connectivity index (χ1) is 7.33. The summed E-state index contributed by atoms with van der Waals surface area (Å²) in [6.07, 6.45) is 2.56. The zero-order valence-corrected chi connectivity index (χ0v) is 9.07. The zero-order valence-electron chi connectivity index (χ0n) is 8.26. The van der Waals surface area contributed by atoms with Gasteiger partial charge in [0.25, 0.3) is 0 Å². The molecule has 2 aromatic heterocycles. The molecule has 3 heterocycles. The van der Waals surface area contributed by atoms with Gasteiger partial charge in [0.15, 0.2) is 5.82 Å². The molecular weight excluding hydrogens is 212 g/mol. The minimum atomic E-state index is 0.544. The quantitative estimate of drug-likeness (QED) is 0.797. The lowest BCUT2D eigenvalue weighted by molar-refractivity contribution is 0.319. The lowest BCUT2D eigenvalue weighted by Crippen LogP contribution is -2.20. The molecule has 15 heavy (non-hydrogen) atoms. The van der Waals surface area contributed by atoms with Gasteiger partial charge in [-0.2, -0.15) is 4.52 Å². The smallest absolute Gasteiger partial charge is 0.236 e. The molecule has 1 saturated heterocycles. The normalized spacial score (nSPS) is 17.9. The lowest BCUT2D eigenvalue weighted by Gasteiger charge is -2.11. The third-order valence-electron chi connectivity index (χ3n) is 2.63. The molecule has 0 radical (unpaired) electrons. The van der Waals surface area contributed by atoms with Crippen molar-refractivity contribution >= 4 is 21.4 Å². The predicted molar refractivity (Wildman–Crippen MR) is 57.6 cm³/mol. The number of hydrogen-bond acceptors (Lipinski definition) is 6. The van der Waals surface area contributed by atoms with Crippen LogP contribution in [-0.4, -0.2) is 37.8 Å². The van der Waals surface area contributed by atoms with Gasteiger partial charge in [-0.3, -0.25) is 4.90 Å². The lowest BCUT2D eigenvalue weighted by atomic mass is 10.4. The maximum atomic E-state index is 5.62. The molecule has 0 saturated carbocycles. The summed E-state index contributed by atoms with van der Waals surface area (Å²) in [7, 11) is 0. The molecule has 0 unspecified atom stereocenters. The maximum absolute atomic E-state index is 5.62. The Bertz CT molecular complexity index is 468. The topological polar surface area (TPSA) is 72.3 Å². The summed E-state index contributed by atoms with van der Waals surface area (Å²) in [4.78, 5) is 3.15. The van der Waals surface area contributed by atoms with Crippen molar-refractivity contribution in [2.45, 2.75) is 19.4 Å². The van der Waals surface area contributed by atoms with E-state index >= 15 is 0 Å². The zero-order chi connectivity index (χ0) is 10.3. The van der Waals surface area contributed by atoms with Gasteiger partial charge in [-0.05, 0) is 25.9 Å². The number of likely N-dealkylation sites (tertiary alicyclic amines) is 1. The number of hydrogen-bond donors (Lipinski definition) is 1. The van der Waals surface area contributed by atoms with E-state index in [2.05, 4.69) is 20.2 Å². The Hall–Kier alpha value is -1.21. The number of nitrogen functional groups attached to an aromatic ring is 1. The van der Waals surface area contributed by atoms with Gasteiger partial charge in [0.1, 0.15) is 0 Å². The minimum Gasteiger partial charge on any atom is -0.374 e. The number of nitrogens with zero attached hydrogens (tertiary/aromatic N) is 5. The van der Waals surface area contributed by atoms with Gasteiger partial charge in [0, 0.05) is 0 Å². The van der Waals surface area contributed by atoms with Gasteiger partial charge < -0.3 is 5.73 Å². The Kier molecular flexibility index (Phi) is 2.06. The summed E-state index contributed by atoms with van der Waals surface area (Å²) in [5.41, 5.74) is 5.62. The summed E-state index contributed by atoms with van der Waals surface area (Å²) in [6.45, 7) is 3.12. The molecule has 6 nitrogen and oxygen atoms in total. The molecule has 1 aliphatic rings. The molecule has 3 rings (SSSR count). The number of anilines is 1. The van der Waals surface area contributed by atoms with Crippen LogP contribution in [0.25, 0.3) is 4.96 Å². The van der Waals surface area contributed by atoms with Gasteiger partial charge in [-0.25, -0.2) is 0 Å². The fourth-order valence-corrected chi connectivity index (χ4v) is 2.54. The Morgan fingerprint density at radius 3 is 2.87 bits per heavy atom. The largest absolute Gasteiger partial charge is 0.374 e. The number of fused-ring (bicyclic) bond motifs is 1. The minimum absolute atomic E-state index is 0.544. The molecule has 1 aliphatic heterocycles. The molecular formula is C8H12N6S. The summed E-state index contributed by atoms with van der Waals surface area (Å²) < 4.78 is 1.75. The van der Waals surface area contributed by atoms with Gasteiger partial charge >= 0.3 is 0 Å². The highest BCUT2D eigenvalue weighted by Gasteiger charge is 2.16. The van der Waals surface area contributed by atoms with Crippen molar-refractivity contribution in [3.8, 4) is 0 Å². The molecule has 1 fully saturated rings. The van der Waals surface area contributed by atoms with Crippen molar-refractivity contribution in [2.75, 3.05) is 18.8 Å². The number of rotatable bonds is 2. The van der Waals surface area contributed by atoms with Crippen molar-refractivity contribution in [1.29, 1.82) is 0 Å². The Morgan fingerprint density at radius 2 is 2.07 bits per heavy atom. The maximum Gasteiger partial charge on any atom is 0.236 e. The second-order valence-corrected chi connectivity index (χ2v) is 4.72. The predicted octanol–water partition coefficient (Wildman–Crippen LogP) is 0.364. The van der Waals surface area contributed by atoms with Crippen LogP contribution >= 0.6 is 11.3 Å². The fraction of sp³-hybridized carbons (Fsp3) is 0.625. The highest BCUT2D eigenvalue weighted by atomic mass is 32.1. The van der Waals surface area contributed by atoms with E-state index in [1.165, 1.54) is 24.2 Å². The molecule has 0 spiro atoms. The average Bonchev–Trinajstić information content (AvgIpc) is 2.85. The molecule has 0 amide bonds. The van der Waals surface area contributed by atoms with Crippen molar-refractivity contribution in [2.24, 2.45) is 0 Å². The second kappa shape index (κ2) is 3.42. The van der Waals surface area contributed by atoms with Crippen molar-refractivity contribution in [1.82, 2.24) is 24.7 Å². The van der Waals surface area contributed by atoms with Crippen LogP contribution in [0.4, 0.5) is 5.13 Å². The van der Waals surface area contributed by atoms with Crippen molar-refractivity contribution < 1.29 is 0 Å². The molecule has 2 N–H and O–H groups in total. The van der Waals surface area contributed by atoms with Crippen LogP contribution in [0.5, 0.6) is 0 Å². The highest BCUT2D eigenvalue weighted by molar-refractivity contribution is 7.20. The molecule has 0 bridgehead atoms. The molecule has 2 aromatic rings. The number of nitrogens with two attached hydrogens (primary N) is 1. The monoisotopic (exact) mass is 224 g/mol. The van der Waals surface area contributed by atoms with Gasteiger partial charge in [-0.15, -0.1) is 15.3 Å². The first-order valence-electron chi connectivity index (χ1n) is 5.02. The van der Waals surface area contributed by atoms with Gasteiger partial charge in [0.2, 0.25) is 10.1 Å². The van der Waals surface area contributed by atoms with Crippen molar-refractivity contribution in [3.05, 3.63) is 5.82 Å². The third kappa shape index (κ3) is 1.57. The van der Waals surface area contributed by atoms with Crippen LogP contribution in [0, 0.1) is 0 Å². The first-order valence-corrected chi connectivity index (χ1v) is 5.83. The summed E-state index contributed by atoms with van der Waals surface area (Å²) >= 11 is 1.37. The summed E-state index contributed by atoms with van der Waals surface area (Å²) in [6, 6.07) is 0. The SMILES string of the molecule is Nc1nn2c(CN3CCCC3)nnc2s1. The average molecular weight is 224 g/mol. The number of aromatic nitrogens is 4.